The van der Waals surface area contributed by atoms with Crippen LogP contribution in [-0.4, -0.2) is 68.9 Å². The highest BCUT2D eigenvalue weighted by Gasteiger charge is 2.24. The van der Waals surface area contributed by atoms with Crippen LogP contribution in [0.15, 0.2) is 24.3 Å². The molecule has 2 amide bonds. The molecule has 1 aromatic carbocycles. The lowest BCUT2D eigenvalue weighted by atomic mass is 10.1. The number of benzene rings is 1. The molecule has 1 unspecified atom stereocenters. The van der Waals surface area contributed by atoms with Gasteiger partial charge in [0.1, 0.15) is 11.9 Å². The van der Waals surface area contributed by atoms with Crippen molar-refractivity contribution in [1.29, 1.82) is 0 Å². The van der Waals surface area contributed by atoms with E-state index in [4.69, 9.17) is 14.2 Å². The number of ether oxygens (including phenoxy) is 3. The van der Waals surface area contributed by atoms with Crippen LogP contribution in [0.3, 0.4) is 0 Å². The average Bonchev–Trinajstić information content (AvgIpc) is 3.20. The molecule has 2 aliphatic rings. The molecule has 1 aromatic rings. The highest BCUT2D eigenvalue weighted by Crippen LogP contribution is 2.20. The fourth-order valence-electron chi connectivity index (χ4n) is 3.36. The van der Waals surface area contributed by atoms with Gasteiger partial charge in [0.15, 0.2) is 0 Å². The van der Waals surface area contributed by atoms with Gasteiger partial charge in [-0.1, -0.05) is 0 Å². The van der Waals surface area contributed by atoms with Gasteiger partial charge >= 0.3 is 0 Å². The van der Waals surface area contributed by atoms with Gasteiger partial charge in [-0.2, -0.15) is 0 Å². The van der Waals surface area contributed by atoms with Crippen molar-refractivity contribution in [3.05, 3.63) is 29.8 Å². The van der Waals surface area contributed by atoms with Crippen molar-refractivity contribution in [2.24, 2.45) is 0 Å². The van der Waals surface area contributed by atoms with E-state index in [1.165, 1.54) is 0 Å². The van der Waals surface area contributed by atoms with Crippen molar-refractivity contribution in [1.82, 2.24) is 10.2 Å². The summed E-state index contributed by atoms with van der Waals surface area (Å²) in [6.45, 7) is 3.16. The molecule has 0 bridgehead atoms. The molecular weight excluding hydrogens is 348 g/mol. The molecule has 1 atom stereocenters. The standard InChI is InChI=1S/C20H28N2O5/c1-25-12-9-19(23)22-10-6-18(7-11-22)27-17-4-2-15(3-5-17)20(24)21-16-8-13-26-14-16/h2-5,16,18H,6-14H2,1H3,(H,21,24). The number of amides is 2. The quantitative estimate of drug-likeness (QED) is 0.782. The van der Waals surface area contributed by atoms with Crippen LogP contribution in [0.25, 0.3) is 0 Å². The van der Waals surface area contributed by atoms with Gasteiger partial charge < -0.3 is 24.4 Å². The highest BCUT2D eigenvalue weighted by molar-refractivity contribution is 5.94. The van der Waals surface area contributed by atoms with Crippen molar-refractivity contribution >= 4 is 11.8 Å². The predicted molar refractivity (Wildman–Crippen MR) is 99.9 cm³/mol. The Morgan fingerprint density at radius 1 is 1.19 bits per heavy atom. The normalized spacial score (nSPS) is 20.5. The van der Waals surface area contributed by atoms with Crippen molar-refractivity contribution in [2.75, 3.05) is 40.0 Å². The number of hydrogen-bond acceptors (Lipinski definition) is 5. The summed E-state index contributed by atoms with van der Waals surface area (Å²) in [5.41, 5.74) is 0.618. The average molecular weight is 376 g/mol. The van der Waals surface area contributed by atoms with Gasteiger partial charge in [-0.15, -0.1) is 0 Å². The number of hydrogen-bond donors (Lipinski definition) is 1. The van der Waals surface area contributed by atoms with E-state index in [9.17, 15) is 9.59 Å². The summed E-state index contributed by atoms with van der Waals surface area (Å²) in [6, 6.07) is 7.32. The second-order valence-electron chi connectivity index (χ2n) is 7.00. The number of methoxy groups -OCH3 is 1. The molecule has 2 fully saturated rings. The van der Waals surface area contributed by atoms with Gasteiger partial charge in [0.2, 0.25) is 5.91 Å². The molecule has 1 N–H and O–H groups in total. The maximum absolute atomic E-state index is 12.2. The van der Waals surface area contributed by atoms with Crippen LogP contribution in [0.1, 0.15) is 36.0 Å². The van der Waals surface area contributed by atoms with E-state index >= 15 is 0 Å². The molecule has 7 heteroatoms. The van der Waals surface area contributed by atoms with E-state index in [2.05, 4.69) is 5.32 Å². The van der Waals surface area contributed by atoms with E-state index in [0.717, 1.165) is 25.0 Å². The lowest BCUT2D eigenvalue weighted by Gasteiger charge is -2.32. The topological polar surface area (TPSA) is 77.1 Å². The van der Waals surface area contributed by atoms with Gasteiger partial charge in [-0.3, -0.25) is 9.59 Å². The second kappa shape index (κ2) is 9.71. The Kier molecular flexibility index (Phi) is 7.06. The Bertz CT molecular complexity index is 620. The number of carbonyl (C=O) groups is 2. The Hall–Kier alpha value is -2.12. The van der Waals surface area contributed by atoms with Crippen LogP contribution >= 0.6 is 0 Å². The molecule has 27 heavy (non-hydrogen) atoms. The summed E-state index contributed by atoms with van der Waals surface area (Å²) >= 11 is 0. The Labute approximate surface area is 160 Å². The van der Waals surface area contributed by atoms with Crippen LogP contribution in [0.5, 0.6) is 5.75 Å². The largest absolute Gasteiger partial charge is 0.490 e. The molecule has 2 saturated heterocycles. The van der Waals surface area contributed by atoms with Crippen LogP contribution in [-0.2, 0) is 14.3 Å². The van der Waals surface area contributed by atoms with Crippen LogP contribution in [0.4, 0.5) is 0 Å². The minimum absolute atomic E-state index is 0.0834. The minimum Gasteiger partial charge on any atom is -0.490 e. The zero-order valence-electron chi connectivity index (χ0n) is 15.8. The van der Waals surface area contributed by atoms with Gasteiger partial charge in [0.25, 0.3) is 5.91 Å². The molecule has 148 valence electrons. The van der Waals surface area contributed by atoms with E-state index in [1.807, 2.05) is 17.0 Å². The van der Waals surface area contributed by atoms with Crippen molar-refractivity contribution < 1.29 is 23.8 Å². The molecule has 0 aromatic heterocycles. The summed E-state index contributed by atoms with van der Waals surface area (Å²) in [5, 5.41) is 2.97. The smallest absolute Gasteiger partial charge is 0.251 e. The number of rotatable bonds is 7. The van der Waals surface area contributed by atoms with Crippen molar-refractivity contribution in [3.63, 3.8) is 0 Å². The summed E-state index contributed by atoms with van der Waals surface area (Å²) in [7, 11) is 1.60. The molecule has 0 spiro atoms. The van der Waals surface area contributed by atoms with Gasteiger partial charge in [-0.25, -0.2) is 0 Å². The third kappa shape index (κ3) is 5.68. The molecule has 0 saturated carbocycles. The monoisotopic (exact) mass is 376 g/mol. The van der Waals surface area contributed by atoms with Gasteiger partial charge in [-0.05, 0) is 30.7 Å². The maximum Gasteiger partial charge on any atom is 0.251 e. The molecule has 3 rings (SSSR count). The first-order chi connectivity index (χ1) is 13.2. The number of nitrogens with zero attached hydrogens (tertiary/aromatic N) is 1. The molecule has 2 aliphatic heterocycles. The lowest BCUT2D eigenvalue weighted by molar-refractivity contribution is -0.133. The zero-order chi connectivity index (χ0) is 19.1. The SMILES string of the molecule is COCCC(=O)N1CCC(Oc2ccc(C(=O)NC3CCOC3)cc2)CC1. The first-order valence-electron chi connectivity index (χ1n) is 9.57. The second-order valence-corrected chi connectivity index (χ2v) is 7.00. The highest BCUT2D eigenvalue weighted by atomic mass is 16.5. The third-order valence-electron chi connectivity index (χ3n) is 5.00. The zero-order valence-corrected chi connectivity index (χ0v) is 15.8. The van der Waals surface area contributed by atoms with Crippen LogP contribution < -0.4 is 10.1 Å². The van der Waals surface area contributed by atoms with Crippen LogP contribution in [0.2, 0.25) is 0 Å². The van der Waals surface area contributed by atoms with E-state index in [0.29, 0.717) is 44.9 Å². The summed E-state index contributed by atoms with van der Waals surface area (Å²) in [6.07, 6.45) is 3.00. The van der Waals surface area contributed by atoms with E-state index in [-0.39, 0.29) is 24.0 Å². The predicted octanol–water partition coefficient (Wildman–Crippen LogP) is 1.61. The lowest BCUT2D eigenvalue weighted by Crippen LogP contribution is -2.42. The Morgan fingerprint density at radius 3 is 2.56 bits per heavy atom. The first-order valence-corrected chi connectivity index (χ1v) is 9.57. The number of carbonyl (C=O) groups excluding carboxylic acids is 2. The summed E-state index contributed by atoms with van der Waals surface area (Å²) in [5.74, 6) is 0.804. The Balaban J connectivity index is 1.43. The van der Waals surface area contributed by atoms with Gasteiger partial charge in [0, 0.05) is 45.2 Å². The van der Waals surface area contributed by atoms with Gasteiger partial charge in [0.05, 0.1) is 25.7 Å². The third-order valence-corrected chi connectivity index (χ3v) is 5.00. The molecule has 2 heterocycles. The van der Waals surface area contributed by atoms with Crippen molar-refractivity contribution in [2.45, 2.75) is 37.8 Å². The van der Waals surface area contributed by atoms with Crippen LogP contribution in [0, 0.1) is 0 Å². The molecule has 0 aliphatic carbocycles. The minimum atomic E-state index is -0.0834. The van der Waals surface area contributed by atoms with Crippen molar-refractivity contribution in [3.8, 4) is 5.75 Å². The number of piperidine rings is 1. The molecule has 7 nitrogen and oxygen atoms in total. The number of likely N-dealkylation sites (tertiary alicyclic amines) is 1. The summed E-state index contributed by atoms with van der Waals surface area (Å²) < 4.78 is 16.3. The number of nitrogens with one attached hydrogen (secondary N) is 1. The Morgan fingerprint density at radius 2 is 1.93 bits per heavy atom. The fraction of sp³-hybridized carbons (Fsp3) is 0.600. The first kappa shape index (κ1) is 19.6. The molecule has 0 radical (unpaired) electrons. The summed E-state index contributed by atoms with van der Waals surface area (Å²) in [4.78, 5) is 26.1. The van der Waals surface area contributed by atoms with E-state index in [1.54, 1.807) is 19.2 Å². The molecular formula is C20H28N2O5. The maximum atomic E-state index is 12.2. The fourth-order valence-corrected chi connectivity index (χ4v) is 3.36. The van der Waals surface area contributed by atoms with E-state index < -0.39 is 0 Å².